The topological polar surface area (TPSA) is 8.81 Å². The molecule has 3 aromatic rings. The lowest BCUT2D eigenvalue weighted by molar-refractivity contribution is -0.646. The number of hydrogen-bond acceptors (Lipinski definition) is 0. The quantitative estimate of drug-likeness (QED) is 0.617. The van der Waals surface area contributed by atoms with Crippen LogP contribution in [0.15, 0.2) is 54.7 Å². The second-order valence-corrected chi connectivity index (χ2v) is 4.75. The molecular weight excluding hydrogens is 232 g/mol. The molecule has 0 bridgehead atoms. The lowest BCUT2D eigenvalue weighted by Gasteiger charge is -2.00. The van der Waals surface area contributed by atoms with Crippen LogP contribution in [0.4, 0.5) is 0 Å². The van der Waals surface area contributed by atoms with Crippen LogP contribution in [0.1, 0.15) is 11.4 Å². The summed E-state index contributed by atoms with van der Waals surface area (Å²) in [6, 6.07) is 16.9. The molecule has 0 radical (unpaired) electrons. The fourth-order valence-electron chi connectivity index (χ4n) is 2.35. The molecule has 0 amide bonds. The Bertz CT molecular complexity index is 751. The number of rotatable bonds is 2. The molecule has 0 fully saturated rings. The van der Waals surface area contributed by atoms with Crippen molar-refractivity contribution in [2.75, 3.05) is 0 Å². The molecule has 3 rings (SSSR count). The fourth-order valence-corrected chi connectivity index (χ4v) is 2.35. The van der Waals surface area contributed by atoms with Crippen molar-refractivity contribution in [1.29, 1.82) is 0 Å². The molecule has 1 aromatic carbocycles. The molecule has 94 valence electrons. The second-order valence-electron chi connectivity index (χ2n) is 4.75. The molecule has 0 spiro atoms. The van der Waals surface area contributed by atoms with Gasteiger partial charge in [-0.15, -0.1) is 0 Å². The monoisotopic (exact) mass is 249 g/mol. The van der Waals surface area contributed by atoms with Crippen molar-refractivity contribution in [2.24, 2.45) is 14.1 Å². The van der Waals surface area contributed by atoms with Crippen LogP contribution in [0.5, 0.6) is 0 Å². The summed E-state index contributed by atoms with van der Waals surface area (Å²) in [7, 11) is 4.16. The van der Waals surface area contributed by atoms with Crippen LogP contribution in [0.25, 0.3) is 23.1 Å². The molecule has 19 heavy (non-hydrogen) atoms. The van der Waals surface area contributed by atoms with E-state index in [0.29, 0.717) is 0 Å². The molecule has 2 nitrogen and oxygen atoms in total. The largest absolute Gasteiger partial charge is 0.351 e. The first-order valence-electron chi connectivity index (χ1n) is 6.43. The van der Waals surface area contributed by atoms with Crippen LogP contribution in [0.2, 0.25) is 0 Å². The Morgan fingerprint density at radius 2 is 1.79 bits per heavy atom. The second kappa shape index (κ2) is 4.73. The Balaban J connectivity index is 2.04. The highest BCUT2D eigenvalue weighted by Gasteiger charge is 2.08. The number of nitrogens with zero attached hydrogens (tertiary/aromatic N) is 2. The summed E-state index contributed by atoms with van der Waals surface area (Å²) in [5.74, 6) is 0. The Hall–Kier alpha value is -2.35. The third-order valence-electron chi connectivity index (χ3n) is 3.53. The van der Waals surface area contributed by atoms with E-state index in [9.17, 15) is 0 Å². The van der Waals surface area contributed by atoms with Crippen molar-refractivity contribution in [2.45, 2.75) is 0 Å². The summed E-state index contributed by atoms with van der Waals surface area (Å²) < 4.78 is 4.33. The molecule has 0 aliphatic heterocycles. The van der Waals surface area contributed by atoms with Crippen molar-refractivity contribution in [1.82, 2.24) is 4.57 Å². The molecule has 2 heteroatoms. The van der Waals surface area contributed by atoms with Gasteiger partial charge in [-0.25, -0.2) is 0 Å². The van der Waals surface area contributed by atoms with E-state index in [1.165, 1.54) is 22.3 Å². The fraction of sp³-hybridized carbons (Fsp3) is 0.118. The lowest BCUT2D eigenvalue weighted by atomic mass is 10.2. The maximum atomic E-state index is 2.22. The van der Waals surface area contributed by atoms with Gasteiger partial charge >= 0.3 is 0 Å². The summed E-state index contributed by atoms with van der Waals surface area (Å²) in [4.78, 5) is 0. The third kappa shape index (κ3) is 2.17. The third-order valence-corrected chi connectivity index (χ3v) is 3.53. The van der Waals surface area contributed by atoms with Gasteiger partial charge in [-0.3, -0.25) is 0 Å². The van der Waals surface area contributed by atoms with Gasteiger partial charge in [0.1, 0.15) is 7.05 Å². The molecule has 0 saturated heterocycles. The van der Waals surface area contributed by atoms with Crippen LogP contribution in [-0.2, 0) is 14.1 Å². The van der Waals surface area contributed by atoms with Crippen LogP contribution in [0, 0.1) is 0 Å². The van der Waals surface area contributed by atoms with Crippen LogP contribution >= 0.6 is 0 Å². The highest BCUT2D eigenvalue weighted by molar-refractivity contribution is 5.77. The molecule has 0 atom stereocenters. The molecule has 0 unspecified atom stereocenters. The van der Waals surface area contributed by atoms with E-state index in [2.05, 4.69) is 90.1 Å². The zero-order valence-electron chi connectivity index (χ0n) is 11.2. The number of pyridine rings is 1. The molecule has 0 aliphatic rings. The van der Waals surface area contributed by atoms with Gasteiger partial charge < -0.3 is 4.57 Å². The Kier molecular flexibility index (Phi) is 2.92. The van der Waals surface area contributed by atoms with Gasteiger partial charge in [-0.05, 0) is 30.3 Å². The van der Waals surface area contributed by atoms with E-state index in [4.69, 9.17) is 0 Å². The molecule has 2 heterocycles. The predicted octanol–water partition coefficient (Wildman–Crippen LogP) is 3.17. The average Bonchev–Trinajstić information content (AvgIpc) is 2.84. The van der Waals surface area contributed by atoms with Crippen molar-refractivity contribution < 1.29 is 4.57 Å². The zero-order chi connectivity index (χ0) is 13.2. The van der Waals surface area contributed by atoms with Crippen LogP contribution < -0.4 is 4.57 Å². The zero-order valence-corrected chi connectivity index (χ0v) is 11.2. The lowest BCUT2D eigenvalue weighted by Crippen LogP contribution is -2.32. The molecule has 2 aromatic heterocycles. The number of aryl methyl sites for hydroxylation is 2. The summed E-state index contributed by atoms with van der Waals surface area (Å²) in [6.07, 6.45) is 6.35. The minimum atomic E-state index is 1.19. The number of hydrogen-bond donors (Lipinski definition) is 0. The van der Waals surface area contributed by atoms with E-state index in [1.54, 1.807) is 0 Å². The Morgan fingerprint density at radius 3 is 2.58 bits per heavy atom. The Labute approximate surface area is 113 Å². The van der Waals surface area contributed by atoms with E-state index >= 15 is 0 Å². The summed E-state index contributed by atoms with van der Waals surface area (Å²) in [5.41, 5.74) is 3.64. The van der Waals surface area contributed by atoms with Crippen LogP contribution in [-0.4, -0.2) is 4.57 Å². The highest BCUT2D eigenvalue weighted by Crippen LogP contribution is 2.12. The minimum Gasteiger partial charge on any atom is -0.351 e. The van der Waals surface area contributed by atoms with E-state index in [-0.39, 0.29) is 0 Å². The van der Waals surface area contributed by atoms with Gasteiger partial charge in [0.05, 0.1) is 0 Å². The average molecular weight is 249 g/mol. The SMILES string of the molecule is Cn1cccc1/C=C/c1ccc2ccccc2[n+]1C. The van der Waals surface area contributed by atoms with Crippen molar-refractivity contribution in [3.8, 4) is 0 Å². The molecule has 0 N–H and O–H groups in total. The number of para-hydroxylation sites is 1. The first-order chi connectivity index (χ1) is 9.25. The van der Waals surface area contributed by atoms with Crippen molar-refractivity contribution >= 4 is 23.1 Å². The standard InChI is InChI=1S/C17H17N2/c1-18-13-5-7-15(18)11-12-16-10-9-14-6-3-4-8-17(14)19(16)2/h3-13H,1-2H3/q+1. The van der Waals surface area contributed by atoms with Crippen molar-refractivity contribution in [3.05, 3.63) is 66.1 Å². The van der Waals surface area contributed by atoms with Gasteiger partial charge in [0, 0.05) is 42.5 Å². The summed E-state index contributed by atoms with van der Waals surface area (Å²) in [6.45, 7) is 0. The van der Waals surface area contributed by atoms with E-state index < -0.39 is 0 Å². The van der Waals surface area contributed by atoms with E-state index in [1.807, 2.05) is 0 Å². The maximum Gasteiger partial charge on any atom is 0.212 e. The number of benzene rings is 1. The Morgan fingerprint density at radius 1 is 0.947 bits per heavy atom. The maximum absolute atomic E-state index is 2.22. The highest BCUT2D eigenvalue weighted by atomic mass is 14.9. The molecule has 0 aliphatic carbocycles. The summed E-state index contributed by atoms with van der Waals surface area (Å²) >= 11 is 0. The first kappa shape index (κ1) is 11.7. The first-order valence-corrected chi connectivity index (χ1v) is 6.43. The normalized spacial score (nSPS) is 11.5. The van der Waals surface area contributed by atoms with E-state index in [0.717, 1.165) is 0 Å². The molecular formula is C17H17N2+. The van der Waals surface area contributed by atoms with Gasteiger partial charge in [0.25, 0.3) is 0 Å². The van der Waals surface area contributed by atoms with Gasteiger partial charge in [0.2, 0.25) is 11.2 Å². The predicted molar refractivity (Wildman–Crippen MR) is 79.5 cm³/mol. The molecule has 0 saturated carbocycles. The number of aromatic nitrogens is 2. The van der Waals surface area contributed by atoms with Gasteiger partial charge in [-0.2, -0.15) is 4.57 Å². The van der Waals surface area contributed by atoms with Crippen molar-refractivity contribution in [3.63, 3.8) is 0 Å². The van der Waals surface area contributed by atoms with Gasteiger partial charge in [-0.1, -0.05) is 12.1 Å². The number of fused-ring (bicyclic) bond motifs is 1. The van der Waals surface area contributed by atoms with Gasteiger partial charge in [0.15, 0.2) is 0 Å². The summed E-state index contributed by atoms with van der Waals surface area (Å²) in [5, 5.41) is 1.26. The minimum absolute atomic E-state index is 1.19. The smallest absolute Gasteiger partial charge is 0.212 e. The van der Waals surface area contributed by atoms with Crippen LogP contribution in [0.3, 0.4) is 0 Å².